The topological polar surface area (TPSA) is 0 Å². The van der Waals surface area contributed by atoms with Gasteiger partial charge in [-0.05, 0) is 25.7 Å². The fourth-order valence-corrected chi connectivity index (χ4v) is 4.11. The molecule has 0 unspecified atom stereocenters. The molecule has 0 aliphatic heterocycles. The van der Waals surface area contributed by atoms with Crippen molar-refractivity contribution >= 4 is 8.07 Å². The largest absolute Gasteiger partial charge is 0.103 e. The molecule has 0 radical (unpaired) electrons. The monoisotopic (exact) mass is 236 g/mol. The van der Waals surface area contributed by atoms with E-state index in [0.29, 0.717) is 0 Å². The molecule has 0 heterocycles. The maximum absolute atomic E-state index is 3.90. The first-order valence-corrected chi connectivity index (χ1v) is 9.90. The van der Waals surface area contributed by atoms with E-state index in [-0.39, 0.29) is 0 Å². The molecule has 0 N–H and O–H groups in total. The highest BCUT2D eigenvalue weighted by Gasteiger charge is 2.21. The molecule has 0 amide bonds. The summed E-state index contributed by atoms with van der Waals surface area (Å²) in [5.41, 5.74) is 1.64. The van der Waals surface area contributed by atoms with Gasteiger partial charge in [-0.15, -0.1) is 13.2 Å². The van der Waals surface area contributed by atoms with Gasteiger partial charge in [0, 0.05) is 0 Å². The minimum Gasteiger partial charge on any atom is -0.103 e. The summed E-state index contributed by atoms with van der Waals surface area (Å²) in [5.74, 6) is 0. The summed E-state index contributed by atoms with van der Waals surface area (Å²) < 4.78 is 0. The zero-order valence-electron chi connectivity index (χ0n) is 11.6. The molecule has 0 saturated heterocycles. The van der Waals surface area contributed by atoms with Crippen LogP contribution in [0.25, 0.3) is 0 Å². The lowest BCUT2D eigenvalue weighted by Crippen LogP contribution is -2.25. The van der Waals surface area contributed by atoms with Crippen molar-refractivity contribution in [2.75, 3.05) is 0 Å². The average Bonchev–Trinajstić information content (AvgIpc) is 2.19. The van der Waals surface area contributed by atoms with E-state index in [0.717, 1.165) is 12.8 Å². The Labute approximate surface area is 103 Å². The zero-order chi connectivity index (χ0) is 12.6. The zero-order valence-corrected chi connectivity index (χ0v) is 12.6. The molecule has 0 aromatic heterocycles. The second kappa shape index (κ2) is 7.67. The summed E-state index contributed by atoms with van der Waals surface area (Å²) in [6, 6.07) is 0. The van der Waals surface area contributed by atoms with Crippen LogP contribution in [0.15, 0.2) is 36.1 Å². The van der Waals surface area contributed by atoms with Crippen molar-refractivity contribution in [3.05, 3.63) is 36.1 Å². The minimum absolute atomic E-state index is 1.06. The van der Waals surface area contributed by atoms with Crippen LogP contribution >= 0.6 is 0 Å². The summed E-state index contributed by atoms with van der Waals surface area (Å²) in [4.78, 5) is 0. The fourth-order valence-electron chi connectivity index (χ4n) is 2.07. The molecule has 0 nitrogen and oxygen atoms in total. The van der Waals surface area contributed by atoms with Crippen LogP contribution in [0.5, 0.6) is 0 Å². The first-order chi connectivity index (χ1) is 7.47. The second-order valence-corrected chi connectivity index (χ2v) is 10.5. The Morgan fingerprint density at radius 3 is 2.00 bits per heavy atom. The Hall–Kier alpha value is -0.563. The third-order valence-electron chi connectivity index (χ3n) is 2.90. The summed E-state index contributed by atoms with van der Waals surface area (Å²) in [7, 11) is -1.20. The van der Waals surface area contributed by atoms with Crippen molar-refractivity contribution in [3.8, 4) is 0 Å². The molecule has 0 saturated carbocycles. The lowest BCUT2D eigenvalue weighted by Gasteiger charge is -2.24. The van der Waals surface area contributed by atoms with E-state index >= 15 is 0 Å². The molecule has 1 heteroatoms. The normalized spacial score (nSPS) is 13.2. The van der Waals surface area contributed by atoms with Gasteiger partial charge < -0.3 is 0 Å². The van der Waals surface area contributed by atoms with Gasteiger partial charge in [0.15, 0.2) is 0 Å². The summed E-state index contributed by atoms with van der Waals surface area (Å²) >= 11 is 0. The van der Waals surface area contributed by atoms with Gasteiger partial charge in [-0.2, -0.15) is 0 Å². The number of rotatable bonds is 8. The molecule has 0 bridgehead atoms. The van der Waals surface area contributed by atoms with E-state index < -0.39 is 8.07 Å². The van der Waals surface area contributed by atoms with Crippen LogP contribution in [-0.2, 0) is 0 Å². The number of hydrogen-bond donors (Lipinski definition) is 0. The number of unbranched alkanes of at least 4 members (excludes halogenated alkanes) is 1. The summed E-state index contributed by atoms with van der Waals surface area (Å²) in [5, 5.41) is 1.69. The van der Waals surface area contributed by atoms with Crippen molar-refractivity contribution in [2.24, 2.45) is 0 Å². The van der Waals surface area contributed by atoms with Crippen LogP contribution in [0, 0.1) is 0 Å². The van der Waals surface area contributed by atoms with Crippen molar-refractivity contribution in [1.29, 1.82) is 0 Å². The second-order valence-electron chi connectivity index (χ2n) is 5.42. The van der Waals surface area contributed by atoms with Gasteiger partial charge in [-0.1, -0.05) is 55.9 Å². The van der Waals surface area contributed by atoms with Gasteiger partial charge >= 0.3 is 0 Å². The predicted molar refractivity (Wildman–Crippen MR) is 79.5 cm³/mol. The van der Waals surface area contributed by atoms with E-state index in [4.69, 9.17) is 0 Å². The highest BCUT2D eigenvalue weighted by molar-refractivity contribution is 6.83. The highest BCUT2D eigenvalue weighted by Crippen LogP contribution is 2.27. The van der Waals surface area contributed by atoms with E-state index in [9.17, 15) is 0 Å². The molecule has 92 valence electrons. The Morgan fingerprint density at radius 1 is 1.06 bits per heavy atom. The Morgan fingerprint density at radius 2 is 1.62 bits per heavy atom. The molecule has 16 heavy (non-hydrogen) atoms. The fraction of sp³-hybridized carbons (Fsp3) is 0.600. The van der Waals surface area contributed by atoms with Crippen LogP contribution in [0.3, 0.4) is 0 Å². The first-order valence-electron chi connectivity index (χ1n) is 6.40. The summed E-state index contributed by atoms with van der Waals surface area (Å²) in [6.07, 6.45) is 10.1. The molecule has 0 spiro atoms. The average molecular weight is 236 g/mol. The predicted octanol–water partition coefficient (Wildman–Crippen LogP) is 5.50. The van der Waals surface area contributed by atoms with Crippen molar-refractivity contribution in [2.45, 2.75) is 58.7 Å². The van der Waals surface area contributed by atoms with Crippen LogP contribution < -0.4 is 0 Å². The molecule has 0 aromatic carbocycles. The number of allylic oxidation sites excluding steroid dienone is 4. The highest BCUT2D eigenvalue weighted by atomic mass is 28.3. The third-order valence-corrected chi connectivity index (χ3v) is 5.27. The molecule has 0 aliphatic rings. The summed E-state index contributed by atoms with van der Waals surface area (Å²) in [6.45, 7) is 17.3. The van der Waals surface area contributed by atoms with Crippen LogP contribution in [0.1, 0.15) is 39.0 Å². The standard InChI is InChI=1S/C15H28Si/c1-7-10-13-14(11-8-2)15(12-9-3)16(4,5)6/h8-9H,2-3,7,10-13H2,1,4-6H3/b15-14-. The minimum atomic E-state index is -1.20. The quantitative estimate of drug-likeness (QED) is 0.385. The van der Waals surface area contributed by atoms with Gasteiger partial charge in [0.05, 0.1) is 8.07 Å². The van der Waals surface area contributed by atoms with Crippen molar-refractivity contribution in [1.82, 2.24) is 0 Å². The van der Waals surface area contributed by atoms with Crippen molar-refractivity contribution in [3.63, 3.8) is 0 Å². The lowest BCUT2D eigenvalue weighted by molar-refractivity contribution is 0.770. The molecule has 0 fully saturated rings. The van der Waals surface area contributed by atoms with E-state index in [1.54, 1.807) is 10.8 Å². The molecular formula is C15H28Si. The van der Waals surface area contributed by atoms with E-state index in [1.807, 2.05) is 6.08 Å². The smallest absolute Gasteiger partial charge is 0.0728 e. The Kier molecular flexibility index (Phi) is 7.40. The van der Waals surface area contributed by atoms with Gasteiger partial charge in [0.1, 0.15) is 0 Å². The first kappa shape index (κ1) is 15.4. The molecule has 0 aromatic rings. The molecule has 0 atom stereocenters. The molecule has 0 aliphatic carbocycles. The van der Waals surface area contributed by atoms with Gasteiger partial charge in [0.2, 0.25) is 0 Å². The number of hydrogen-bond acceptors (Lipinski definition) is 0. The maximum atomic E-state index is 3.90. The van der Waals surface area contributed by atoms with Gasteiger partial charge in [-0.3, -0.25) is 0 Å². The van der Waals surface area contributed by atoms with Crippen molar-refractivity contribution < 1.29 is 0 Å². The SMILES string of the molecule is C=CC/C(CCCC)=C(\CC=C)[Si](C)(C)C. The Bertz CT molecular complexity index is 253. The molecule has 0 rings (SSSR count). The lowest BCUT2D eigenvalue weighted by atomic mass is 10.0. The molecular weight excluding hydrogens is 208 g/mol. The van der Waals surface area contributed by atoms with Crippen LogP contribution in [0.2, 0.25) is 19.6 Å². The van der Waals surface area contributed by atoms with Gasteiger partial charge in [0.25, 0.3) is 0 Å². The Balaban J connectivity index is 5.07. The third kappa shape index (κ3) is 5.50. The van der Waals surface area contributed by atoms with E-state index in [1.165, 1.54) is 19.3 Å². The van der Waals surface area contributed by atoms with Crippen LogP contribution in [-0.4, -0.2) is 8.07 Å². The van der Waals surface area contributed by atoms with Gasteiger partial charge in [-0.25, -0.2) is 0 Å². The maximum Gasteiger partial charge on any atom is 0.0728 e. The van der Waals surface area contributed by atoms with E-state index in [2.05, 4.69) is 45.8 Å². The van der Waals surface area contributed by atoms with Crippen LogP contribution in [0.4, 0.5) is 0 Å².